The molecular weight excluding hydrogens is 194 g/mol. The van der Waals surface area contributed by atoms with Crippen LogP contribution >= 0.6 is 0 Å². The first-order valence-electron chi connectivity index (χ1n) is 5.73. The van der Waals surface area contributed by atoms with Gasteiger partial charge in [-0.15, -0.1) is 0 Å². The van der Waals surface area contributed by atoms with E-state index in [4.69, 9.17) is 0 Å². The molecule has 0 saturated heterocycles. The average Bonchev–Trinajstić information content (AvgIpc) is 2.65. The monoisotopic (exact) mass is 217 g/mol. The predicted molar refractivity (Wildman–Crippen MR) is 63.0 cm³/mol. The maximum absolute atomic E-state index is 12.1. The van der Waals surface area contributed by atoms with Gasteiger partial charge in [0.2, 0.25) is 0 Å². The summed E-state index contributed by atoms with van der Waals surface area (Å²) in [5.74, 6) is 1.49. The van der Waals surface area contributed by atoms with Gasteiger partial charge in [-0.05, 0) is 25.8 Å². The highest BCUT2D eigenvalue weighted by Gasteiger charge is 2.30. The number of hydrogen-bond donors (Lipinski definition) is 1. The number of rotatable bonds is 5. The summed E-state index contributed by atoms with van der Waals surface area (Å²) in [7, 11) is 1.37. The van der Waals surface area contributed by atoms with Gasteiger partial charge in [0.15, 0.2) is 0 Å². The van der Waals surface area contributed by atoms with Crippen molar-refractivity contribution in [1.82, 2.24) is 5.32 Å². The van der Waals surface area contributed by atoms with Crippen molar-refractivity contribution in [2.75, 3.05) is 12.8 Å². The van der Waals surface area contributed by atoms with E-state index in [-0.39, 0.29) is 0 Å². The lowest BCUT2D eigenvalue weighted by Gasteiger charge is -2.20. The SMILES string of the molecule is CCC(C)CS(=O)C1CCCC1NC. The van der Waals surface area contributed by atoms with Crippen LogP contribution in [0.2, 0.25) is 0 Å². The van der Waals surface area contributed by atoms with Crippen molar-refractivity contribution >= 4 is 10.8 Å². The van der Waals surface area contributed by atoms with Crippen molar-refractivity contribution in [3.05, 3.63) is 0 Å². The topological polar surface area (TPSA) is 29.1 Å². The molecule has 0 aliphatic heterocycles. The molecule has 0 aromatic heterocycles. The van der Waals surface area contributed by atoms with Gasteiger partial charge in [-0.1, -0.05) is 26.7 Å². The summed E-state index contributed by atoms with van der Waals surface area (Å²) in [5, 5.41) is 3.70. The highest BCUT2D eigenvalue weighted by molar-refractivity contribution is 7.85. The number of nitrogens with one attached hydrogen (secondary N) is 1. The standard InChI is InChI=1S/C11H23NOS/c1-4-9(2)8-14(13)11-7-5-6-10(11)12-3/h9-12H,4-8H2,1-3H3. The van der Waals surface area contributed by atoms with E-state index in [1.807, 2.05) is 7.05 Å². The highest BCUT2D eigenvalue weighted by atomic mass is 32.2. The van der Waals surface area contributed by atoms with Crippen LogP contribution in [0.25, 0.3) is 0 Å². The molecule has 1 N–H and O–H groups in total. The molecule has 0 radical (unpaired) electrons. The quantitative estimate of drug-likeness (QED) is 0.762. The molecule has 0 aromatic rings. The fourth-order valence-corrected chi connectivity index (χ4v) is 4.20. The molecule has 1 aliphatic carbocycles. The van der Waals surface area contributed by atoms with Crippen LogP contribution < -0.4 is 5.32 Å². The van der Waals surface area contributed by atoms with E-state index in [2.05, 4.69) is 19.2 Å². The zero-order valence-corrected chi connectivity index (χ0v) is 10.4. The van der Waals surface area contributed by atoms with E-state index in [1.165, 1.54) is 12.8 Å². The molecule has 4 atom stereocenters. The summed E-state index contributed by atoms with van der Waals surface area (Å²) >= 11 is 0. The van der Waals surface area contributed by atoms with E-state index in [0.717, 1.165) is 18.6 Å². The molecule has 0 bridgehead atoms. The first kappa shape index (κ1) is 12.2. The van der Waals surface area contributed by atoms with Crippen molar-refractivity contribution in [3.8, 4) is 0 Å². The molecule has 1 fully saturated rings. The molecule has 1 rings (SSSR count). The van der Waals surface area contributed by atoms with Crippen molar-refractivity contribution < 1.29 is 4.21 Å². The molecule has 1 saturated carbocycles. The summed E-state index contributed by atoms with van der Waals surface area (Å²) in [6.07, 6.45) is 4.73. The molecule has 3 heteroatoms. The Hall–Kier alpha value is 0.110. The summed E-state index contributed by atoms with van der Waals surface area (Å²) in [6.45, 7) is 4.37. The van der Waals surface area contributed by atoms with Gasteiger partial charge in [-0.3, -0.25) is 4.21 Å². The van der Waals surface area contributed by atoms with E-state index in [1.54, 1.807) is 0 Å². The Bertz CT molecular complexity index is 196. The van der Waals surface area contributed by atoms with Gasteiger partial charge in [0.05, 0.1) is 5.25 Å². The predicted octanol–water partition coefficient (Wildman–Crippen LogP) is 1.92. The van der Waals surface area contributed by atoms with Crippen molar-refractivity contribution in [2.45, 2.75) is 50.8 Å². The Morgan fingerprint density at radius 2 is 2.21 bits per heavy atom. The summed E-state index contributed by atoms with van der Waals surface area (Å²) in [6, 6.07) is 0.500. The fraction of sp³-hybridized carbons (Fsp3) is 1.00. The van der Waals surface area contributed by atoms with Crippen LogP contribution in [0.15, 0.2) is 0 Å². The average molecular weight is 217 g/mol. The molecule has 1 aliphatic rings. The van der Waals surface area contributed by atoms with Crippen LogP contribution in [0.3, 0.4) is 0 Å². The number of hydrogen-bond acceptors (Lipinski definition) is 2. The summed E-state index contributed by atoms with van der Waals surface area (Å²) in [5.41, 5.74) is 0. The molecule has 0 amide bonds. The Kier molecular flexibility index (Phi) is 5.10. The van der Waals surface area contributed by atoms with Crippen molar-refractivity contribution in [1.29, 1.82) is 0 Å². The van der Waals surface area contributed by atoms with E-state index in [9.17, 15) is 4.21 Å². The summed E-state index contributed by atoms with van der Waals surface area (Å²) in [4.78, 5) is 0. The third kappa shape index (κ3) is 3.06. The molecule has 14 heavy (non-hydrogen) atoms. The van der Waals surface area contributed by atoms with Gasteiger partial charge in [-0.2, -0.15) is 0 Å². The maximum Gasteiger partial charge on any atom is 0.0501 e. The van der Waals surface area contributed by atoms with Crippen molar-refractivity contribution in [2.24, 2.45) is 5.92 Å². The van der Waals surface area contributed by atoms with Gasteiger partial charge >= 0.3 is 0 Å². The van der Waals surface area contributed by atoms with Crippen LogP contribution in [0.5, 0.6) is 0 Å². The van der Waals surface area contributed by atoms with Gasteiger partial charge < -0.3 is 5.32 Å². The van der Waals surface area contributed by atoms with E-state index < -0.39 is 10.8 Å². The second kappa shape index (κ2) is 5.86. The lowest BCUT2D eigenvalue weighted by atomic mass is 10.2. The minimum absolute atomic E-state index is 0.411. The second-order valence-corrected chi connectivity index (χ2v) is 6.13. The Labute approximate surface area is 90.3 Å². The minimum atomic E-state index is -0.618. The smallest absolute Gasteiger partial charge is 0.0501 e. The largest absolute Gasteiger partial charge is 0.316 e. The van der Waals surface area contributed by atoms with Crippen LogP contribution in [0, 0.1) is 5.92 Å². The molecular formula is C11H23NOS. The lowest BCUT2D eigenvalue weighted by Crippen LogP contribution is -2.37. The van der Waals surface area contributed by atoms with E-state index in [0.29, 0.717) is 17.2 Å². The molecule has 0 aromatic carbocycles. The Morgan fingerprint density at radius 1 is 1.50 bits per heavy atom. The zero-order chi connectivity index (χ0) is 10.6. The van der Waals surface area contributed by atoms with E-state index >= 15 is 0 Å². The van der Waals surface area contributed by atoms with Gasteiger partial charge in [0.1, 0.15) is 0 Å². The third-order valence-corrected chi connectivity index (χ3v) is 5.44. The second-order valence-electron chi connectivity index (χ2n) is 4.43. The zero-order valence-electron chi connectivity index (χ0n) is 9.58. The molecule has 0 heterocycles. The Morgan fingerprint density at radius 3 is 2.79 bits per heavy atom. The van der Waals surface area contributed by atoms with Gasteiger partial charge in [0.25, 0.3) is 0 Å². The van der Waals surface area contributed by atoms with Gasteiger partial charge in [-0.25, -0.2) is 0 Å². The third-order valence-electron chi connectivity index (χ3n) is 3.31. The molecule has 4 unspecified atom stereocenters. The molecule has 2 nitrogen and oxygen atoms in total. The minimum Gasteiger partial charge on any atom is -0.316 e. The highest BCUT2D eigenvalue weighted by Crippen LogP contribution is 2.24. The Balaban J connectivity index is 2.43. The first-order valence-corrected chi connectivity index (χ1v) is 7.11. The van der Waals surface area contributed by atoms with Crippen LogP contribution in [0.4, 0.5) is 0 Å². The fourth-order valence-electron chi connectivity index (χ4n) is 2.09. The normalized spacial score (nSPS) is 31.6. The van der Waals surface area contributed by atoms with Crippen LogP contribution in [0.1, 0.15) is 39.5 Å². The summed E-state index contributed by atoms with van der Waals surface area (Å²) < 4.78 is 12.1. The first-order chi connectivity index (χ1) is 6.69. The van der Waals surface area contributed by atoms with Crippen LogP contribution in [-0.4, -0.2) is 28.3 Å². The van der Waals surface area contributed by atoms with Crippen LogP contribution in [-0.2, 0) is 10.8 Å². The maximum atomic E-state index is 12.1. The van der Waals surface area contributed by atoms with Gasteiger partial charge in [0, 0.05) is 22.6 Å². The molecule has 84 valence electrons. The van der Waals surface area contributed by atoms with Crippen molar-refractivity contribution in [3.63, 3.8) is 0 Å². The molecule has 0 spiro atoms. The lowest BCUT2D eigenvalue weighted by molar-refractivity contribution is 0.565.